The summed E-state index contributed by atoms with van der Waals surface area (Å²) in [6.45, 7) is 7.45. The van der Waals surface area contributed by atoms with Crippen molar-refractivity contribution < 1.29 is 9.59 Å². The molecule has 2 saturated heterocycles. The fraction of sp³-hybridized carbons (Fsp3) is 0.409. The predicted molar refractivity (Wildman–Crippen MR) is 109 cm³/mol. The van der Waals surface area contributed by atoms with Gasteiger partial charge >= 0.3 is 0 Å². The normalized spacial score (nSPS) is 20.0. The van der Waals surface area contributed by atoms with Crippen LogP contribution in [0.5, 0.6) is 0 Å². The van der Waals surface area contributed by atoms with Gasteiger partial charge in [-0.25, -0.2) is 4.98 Å². The lowest BCUT2D eigenvalue weighted by Crippen LogP contribution is -2.51. The summed E-state index contributed by atoms with van der Waals surface area (Å²) in [6, 6.07) is 11.9. The number of piperazine rings is 1. The van der Waals surface area contributed by atoms with Gasteiger partial charge in [-0.2, -0.15) is 0 Å². The molecule has 1 aromatic carbocycles. The molecule has 0 aliphatic carbocycles. The number of anilines is 2. The van der Waals surface area contributed by atoms with Crippen LogP contribution < -0.4 is 9.80 Å². The van der Waals surface area contributed by atoms with Crippen LogP contribution in [0.3, 0.4) is 0 Å². The summed E-state index contributed by atoms with van der Waals surface area (Å²) in [5, 5.41) is 0. The zero-order valence-electron chi connectivity index (χ0n) is 16.5. The predicted octanol–water partition coefficient (Wildman–Crippen LogP) is 2.40. The quantitative estimate of drug-likeness (QED) is 0.823. The van der Waals surface area contributed by atoms with Crippen LogP contribution in [0.15, 0.2) is 42.6 Å². The Hall–Kier alpha value is -2.89. The molecule has 2 amide bonds. The number of carbonyl (C=O) groups excluding carboxylic acids is 2. The molecule has 146 valence electrons. The number of carbonyl (C=O) groups is 2. The van der Waals surface area contributed by atoms with Crippen molar-refractivity contribution in [3.63, 3.8) is 0 Å². The monoisotopic (exact) mass is 378 g/mol. The molecular weight excluding hydrogens is 352 g/mol. The summed E-state index contributed by atoms with van der Waals surface area (Å²) >= 11 is 0. The van der Waals surface area contributed by atoms with Gasteiger partial charge in [-0.1, -0.05) is 12.1 Å². The fourth-order valence-electron chi connectivity index (χ4n) is 3.97. The number of hydrogen-bond acceptors (Lipinski definition) is 4. The molecule has 0 N–H and O–H groups in total. The van der Waals surface area contributed by atoms with Gasteiger partial charge in [-0.3, -0.25) is 9.59 Å². The number of nitrogens with zero attached hydrogens (tertiary/aromatic N) is 4. The third-order valence-electron chi connectivity index (χ3n) is 5.84. The van der Waals surface area contributed by atoms with Crippen LogP contribution in [0.25, 0.3) is 0 Å². The highest BCUT2D eigenvalue weighted by Crippen LogP contribution is 2.28. The Balaban J connectivity index is 1.38. The van der Waals surface area contributed by atoms with Crippen LogP contribution in [-0.2, 0) is 9.59 Å². The summed E-state index contributed by atoms with van der Waals surface area (Å²) in [5.41, 5.74) is 3.25. The summed E-state index contributed by atoms with van der Waals surface area (Å²) in [6.07, 6.45) is 2.09. The molecule has 1 unspecified atom stereocenters. The second-order valence-electron chi connectivity index (χ2n) is 7.67. The van der Waals surface area contributed by atoms with E-state index in [0.29, 0.717) is 26.1 Å². The molecule has 2 aliphatic heterocycles. The molecule has 6 heteroatoms. The van der Waals surface area contributed by atoms with Gasteiger partial charge in [0.1, 0.15) is 5.82 Å². The number of amides is 2. The van der Waals surface area contributed by atoms with Crippen molar-refractivity contribution >= 4 is 23.3 Å². The summed E-state index contributed by atoms with van der Waals surface area (Å²) in [7, 11) is 0. The highest BCUT2D eigenvalue weighted by Gasteiger charge is 2.38. The third-order valence-corrected chi connectivity index (χ3v) is 5.84. The number of pyridine rings is 1. The Morgan fingerprint density at radius 1 is 1.04 bits per heavy atom. The van der Waals surface area contributed by atoms with E-state index in [9.17, 15) is 9.59 Å². The van der Waals surface area contributed by atoms with Gasteiger partial charge in [0.2, 0.25) is 11.8 Å². The minimum Gasteiger partial charge on any atom is -0.353 e. The van der Waals surface area contributed by atoms with Crippen LogP contribution >= 0.6 is 0 Å². The first kappa shape index (κ1) is 18.5. The molecule has 6 nitrogen and oxygen atoms in total. The number of hydrogen-bond donors (Lipinski definition) is 0. The summed E-state index contributed by atoms with van der Waals surface area (Å²) in [5.74, 6) is 0.830. The van der Waals surface area contributed by atoms with Gasteiger partial charge in [-0.05, 0) is 49.2 Å². The minimum absolute atomic E-state index is 0.0359. The van der Waals surface area contributed by atoms with Crippen molar-refractivity contribution in [3.8, 4) is 0 Å². The first-order valence-electron chi connectivity index (χ1n) is 9.85. The molecule has 2 aromatic rings. The van der Waals surface area contributed by atoms with Crippen molar-refractivity contribution in [2.24, 2.45) is 5.92 Å². The van der Waals surface area contributed by atoms with Gasteiger partial charge < -0.3 is 14.7 Å². The maximum Gasteiger partial charge on any atom is 0.228 e. The van der Waals surface area contributed by atoms with E-state index in [1.165, 1.54) is 5.56 Å². The molecule has 0 spiro atoms. The molecule has 3 heterocycles. The molecule has 4 rings (SSSR count). The lowest BCUT2D eigenvalue weighted by atomic mass is 10.1. The summed E-state index contributed by atoms with van der Waals surface area (Å²) in [4.78, 5) is 35.8. The molecule has 1 atom stereocenters. The first-order chi connectivity index (χ1) is 13.5. The third kappa shape index (κ3) is 3.59. The Morgan fingerprint density at radius 3 is 2.50 bits per heavy atom. The maximum absolute atomic E-state index is 13.0. The molecule has 0 radical (unpaired) electrons. The number of aromatic nitrogens is 1. The van der Waals surface area contributed by atoms with Crippen LogP contribution in [0, 0.1) is 19.8 Å². The fourth-order valence-corrected chi connectivity index (χ4v) is 3.97. The van der Waals surface area contributed by atoms with E-state index < -0.39 is 0 Å². The van der Waals surface area contributed by atoms with E-state index in [2.05, 4.69) is 16.8 Å². The average Bonchev–Trinajstić information content (AvgIpc) is 3.12. The van der Waals surface area contributed by atoms with E-state index in [1.54, 1.807) is 11.1 Å². The lowest BCUT2D eigenvalue weighted by Gasteiger charge is -2.36. The van der Waals surface area contributed by atoms with Crippen LogP contribution in [0.2, 0.25) is 0 Å². The van der Waals surface area contributed by atoms with Gasteiger partial charge in [0, 0.05) is 51.0 Å². The Bertz CT molecular complexity index is 875. The van der Waals surface area contributed by atoms with E-state index in [4.69, 9.17) is 0 Å². The van der Waals surface area contributed by atoms with Crippen molar-refractivity contribution in [1.29, 1.82) is 0 Å². The Labute approximate surface area is 165 Å². The van der Waals surface area contributed by atoms with Gasteiger partial charge in [0.15, 0.2) is 0 Å². The zero-order chi connectivity index (χ0) is 19.7. The van der Waals surface area contributed by atoms with E-state index >= 15 is 0 Å². The minimum atomic E-state index is -0.254. The van der Waals surface area contributed by atoms with Gasteiger partial charge in [0.05, 0.1) is 5.92 Å². The first-order valence-corrected chi connectivity index (χ1v) is 9.85. The van der Waals surface area contributed by atoms with E-state index in [-0.39, 0.29) is 17.7 Å². The second-order valence-corrected chi connectivity index (χ2v) is 7.67. The van der Waals surface area contributed by atoms with Crippen molar-refractivity contribution in [1.82, 2.24) is 9.88 Å². The maximum atomic E-state index is 13.0. The number of rotatable bonds is 3. The number of aryl methyl sites for hydroxylation is 2. The highest BCUT2D eigenvalue weighted by molar-refractivity contribution is 6.00. The van der Waals surface area contributed by atoms with E-state index in [0.717, 1.165) is 30.2 Å². The van der Waals surface area contributed by atoms with Gasteiger partial charge in [-0.15, -0.1) is 0 Å². The van der Waals surface area contributed by atoms with Crippen LogP contribution in [-0.4, -0.2) is 54.4 Å². The Kier molecular flexibility index (Phi) is 5.03. The van der Waals surface area contributed by atoms with Crippen molar-refractivity contribution in [2.75, 3.05) is 42.5 Å². The molecule has 2 aliphatic rings. The largest absolute Gasteiger partial charge is 0.353 e. The molecule has 1 aromatic heterocycles. The van der Waals surface area contributed by atoms with Crippen LogP contribution in [0.1, 0.15) is 17.5 Å². The highest BCUT2D eigenvalue weighted by atomic mass is 16.2. The second kappa shape index (κ2) is 7.62. The van der Waals surface area contributed by atoms with E-state index in [1.807, 2.05) is 48.2 Å². The molecular formula is C22H26N4O2. The number of benzene rings is 1. The lowest BCUT2D eigenvalue weighted by molar-refractivity contribution is -0.136. The summed E-state index contributed by atoms with van der Waals surface area (Å²) < 4.78 is 0. The molecule has 0 bridgehead atoms. The van der Waals surface area contributed by atoms with Gasteiger partial charge in [0.25, 0.3) is 0 Å². The van der Waals surface area contributed by atoms with Crippen LogP contribution in [0.4, 0.5) is 11.5 Å². The van der Waals surface area contributed by atoms with Crippen molar-refractivity contribution in [2.45, 2.75) is 20.3 Å². The molecule has 0 saturated carbocycles. The van der Waals surface area contributed by atoms with Crippen molar-refractivity contribution in [3.05, 3.63) is 53.7 Å². The standard InChI is InChI=1S/C22H26N4O2/c1-16-6-7-19(13-17(16)2)26-15-18(14-21(26)27)22(28)25-11-9-24(10-12-25)20-5-3-4-8-23-20/h3-8,13,18H,9-12,14-15H2,1-2H3. The Morgan fingerprint density at radius 2 is 1.82 bits per heavy atom. The average molecular weight is 378 g/mol. The zero-order valence-corrected chi connectivity index (χ0v) is 16.5. The molecule has 28 heavy (non-hydrogen) atoms. The smallest absolute Gasteiger partial charge is 0.228 e. The SMILES string of the molecule is Cc1ccc(N2CC(C(=O)N3CCN(c4ccccn4)CC3)CC2=O)cc1C. The topological polar surface area (TPSA) is 56.8 Å². The molecule has 2 fully saturated rings.